The van der Waals surface area contributed by atoms with Crippen LogP contribution in [0.3, 0.4) is 0 Å². The molecule has 4 nitrogen and oxygen atoms in total. The number of rotatable bonds is 3. The highest BCUT2D eigenvalue weighted by molar-refractivity contribution is 5.35. The second kappa shape index (κ2) is 4.15. The Morgan fingerprint density at radius 1 is 1.64 bits per heavy atom. The Morgan fingerprint density at radius 2 is 2.29 bits per heavy atom. The predicted octanol–water partition coefficient (Wildman–Crippen LogP) is 1.62. The van der Waals surface area contributed by atoms with Crippen LogP contribution in [0.5, 0.6) is 0 Å². The molecule has 1 atom stereocenters. The molecule has 0 radical (unpaired) electrons. The lowest BCUT2D eigenvalue weighted by molar-refractivity contribution is -0.387. The third-order valence-electron chi connectivity index (χ3n) is 1.77. The summed E-state index contributed by atoms with van der Waals surface area (Å²) in [6, 6.07) is 3.75. The van der Waals surface area contributed by atoms with Gasteiger partial charge in [-0.1, -0.05) is 6.07 Å². The van der Waals surface area contributed by atoms with E-state index in [0.717, 1.165) is 12.1 Å². The van der Waals surface area contributed by atoms with Crippen molar-refractivity contribution in [3.05, 3.63) is 39.7 Å². The van der Waals surface area contributed by atoms with Crippen molar-refractivity contribution in [1.29, 1.82) is 0 Å². The molecule has 0 saturated heterocycles. The molecule has 0 spiro atoms. The first kappa shape index (κ1) is 10.6. The Labute approximate surface area is 80.7 Å². The van der Waals surface area contributed by atoms with Crippen molar-refractivity contribution in [3.63, 3.8) is 0 Å². The molecule has 0 aromatic heterocycles. The molecule has 5 heteroatoms. The Kier molecular flexibility index (Phi) is 3.14. The molecule has 14 heavy (non-hydrogen) atoms. The number of nitro benzene ring substituents is 1. The molecule has 0 aliphatic rings. The Bertz CT molecular complexity index is 353. The van der Waals surface area contributed by atoms with Crippen LogP contribution in [0.15, 0.2) is 18.2 Å². The summed E-state index contributed by atoms with van der Waals surface area (Å²) >= 11 is 0. The van der Waals surface area contributed by atoms with Gasteiger partial charge in [0.15, 0.2) is 0 Å². The van der Waals surface area contributed by atoms with Crippen LogP contribution in [0.2, 0.25) is 0 Å². The average molecular weight is 198 g/mol. The van der Waals surface area contributed by atoms with E-state index in [1.807, 2.05) is 0 Å². The minimum absolute atomic E-state index is 0.0872. The molecular formula is C9H11FN2O2. The largest absolute Gasteiger partial charge is 0.328 e. The van der Waals surface area contributed by atoms with Crippen LogP contribution in [0.25, 0.3) is 0 Å². The molecule has 0 amide bonds. The third-order valence-corrected chi connectivity index (χ3v) is 1.77. The summed E-state index contributed by atoms with van der Waals surface area (Å²) in [5, 5.41) is 10.3. The van der Waals surface area contributed by atoms with Crippen molar-refractivity contribution in [2.45, 2.75) is 19.4 Å². The maximum atomic E-state index is 13.1. The van der Waals surface area contributed by atoms with Crippen molar-refractivity contribution < 1.29 is 9.31 Å². The molecule has 0 saturated carbocycles. The van der Waals surface area contributed by atoms with Crippen molar-refractivity contribution in [2.24, 2.45) is 5.73 Å². The fourth-order valence-corrected chi connectivity index (χ4v) is 1.20. The van der Waals surface area contributed by atoms with Gasteiger partial charge in [0.25, 0.3) is 0 Å². The first-order valence-corrected chi connectivity index (χ1v) is 4.19. The second-order valence-electron chi connectivity index (χ2n) is 3.22. The van der Waals surface area contributed by atoms with Gasteiger partial charge in [-0.2, -0.15) is 4.39 Å². The molecule has 1 aromatic carbocycles. The van der Waals surface area contributed by atoms with Gasteiger partial charge in [0, 0.05) is 12.1 Å². The zero-order chi connectivity index (χ0) is 10.7. The SMILES string of the molecule is CC(N)Cc1ccc([N+](=O)[O-])c(F)c1. The van der Waals surface area contributed by atoms with Crippen molar-refractivity contribution in [2.75, 3.05) is 0 Å². The van der Waals surface area contributed by atoms with E-state index >= 15 is 0 Å². The van der Waals surface area contributed by atoms with E-state index in [4.69, 9.17) is 5.73 Å². The first-order valence-electron chi connectivity index (χ1n) is 4.19. The maximum absolute atomic E-state index is 13.1. The van der Waals surface area contributed by atoms with Gasteiger partial charge in [-0.3, -0.25) is 10.1 Å². The highest BCUT2D eigenvalue weighted by Gasteiger charge is 2.13. The van der Waals surface area contributed by atoms with E-state index in [1.54, 1.807) is 6.92 Å². The van der Waals surface area contributed by atoms with Gasteiger partial charge in [0.2, 0.25) is 5.82 Å². The van der Waals surface area contributed by atoms with Gasteiger partial charge < -0.3 is 5.73 Å². The Morgan fingerprint density at radius 3 is 2.71 bits per heavy atom. The number of nitrogens with zero attached hydrogens (tertiary/aromatic N) is 1. The molecular weight excluding hydrogens is 187 g/mol. The van der Waals surface area contributed by atoms with Gasteiger partial charge in [0.1, 0.15) is 0 Å². The van der Waals surface area contributed by atoms with E-state index < -0.39 is 16.4 Å². The van der Waals surface area contributed by atoms with Crippen molar-refractivity contribution >= 4 is 5.69 Å². The molecule has 0 aliphatic heterocycles. The van der Waals surface area contributed by atoms with E-state index in [0.29, 0.717) is 12.0 Å². The zero-order valence-electron chi connectivity index (χ0n) is 7.74. The fraction of sp³-hybridized carbons (Fsp3) is 0.333. The third kappa shape index (κ3) is 2.50. The summed E-state index contributed by atoms with van der Waals surface area (Å²) < 4.78 is 13.1. The van der Waals surface area contributed by atoms with Gasteiger partial charge in [-0.05, 0) is 25.0 Å². The molecule has 0 fully saturated rings. The number of nitro groups is 1. The lowest BCUT2D eigenvalue weighted by Gasteiger charge is -2.04. The molecule has 0 bridgehead atoms. The molecule has 1 unspecified atom stereocenters. The predicted molar refractivity (Wildman–Crippen MR) is 50.4 cm³/mol. The number of benzene rings is 1. The summed E-state index contributed by atoms with van der Waals surface area (Å²) in [6.45, 7) is 1.79. The van der Waals surface area contributed by atoms with Gasteiger partial charge >= 0.3 is 5.69 Å². The molecule has 1 aromatic rings. The van der Waals surface area contributed by atoms with E-state index in [2.05, 4.69) is 0 Å². The number of halogens is 1. The number of hydrogen-bond acceptors (Lipinski definition) is 3. The lowest BCUT2D eigenvalue weighted by Crippen LogP contribution is -2.17. The van der Waals surface area contributed by atoms with Crippen LogP contribution in [0.1, 0.15) is 12.5 Å². The molecule has 0 aliphatic carbocycles. The Hall–Kier alpha value is -1.49. The maximum Gasteiger partial charge on any atom is 0.304 e. The summed E-state index contributed by atoms with van der Waals surface area (Å²) in [5.41, 5.74) is 5.68. The molecule has 76 valence electrons. The number of nitrogens with two attached hydrogens (primary N) is 1. The normalized spacial score (nSPS) is 12.5. The topological polar surface area (TPSA) is 69.2 Å². The van der Waals surface area contributed by atoms with Crippen molar-refractivity contribution in [1.82, 2.24) is 0 Å². The summed E-state index contributed by atoms with van der Waals surface area (Å²) in [4.78, 5) is 9.55. The molecule has 1 rings (SSSR count). The quantitative estimate of drug-likeness (QED) is 0.592. The monoisotopic (exact) mass is 198 g/mol. The van der Waals surface area contributed by atoms with Gasteiger partial charge in [-0.15, -0.1) is 0 Å². The van der Waals surface area contributed by atoms with Crippen LogP contribution >= 0.6 is 0 Å². The summed E-state index contributed by atoms with van der Waals surface area (Å²) in [5.74, 6) is -0.812. The number of hydrogen-bond donors (Lipinski definition) is 1. The minimum Gasteiger partial charge on any atom is -0.328 e. The van der Waals surface area contributed by atoms with Crippen molar-refractivity contribution in [3.8, 4) is 0 Å². The minimum atomic E-state index is -0.812. The first-order chi connectivity index (χ1) is 6.50. The molecule has 2 N–H and O–H groups in total. The smallest absolute Gasteiger partial charge is 0.304 e. The van der Waals surface area contributed by atoms with Crippen LogP contribution < -0.4 is 5.73 Å². The standard InChI is InChI=1S/C9H11FN2O2/c1-6(11)4-7-2-3-9(12(13)14)8(10)5-7/h2-3,5-6H,4,11H2,1H3. The second-order valence-corrected chi connectivity index (χ2v) is 3.22. The van der Waals surface area contributed by atoms with Gasteiger partial charge in [0.05, 0.1) is 4.92 Å². The average Bonchev–Trinajstić information content (AvgIpc) is 2.01. The fourth-order valence-electron chi connectivity index (χ4n) is 1.20. The van der Waals surface area contributed by atoms with E-state index in [-0.39, 0.29) is 6.04 Å². The lowest BCUT2D eigenvalue weighted by atomic mass is 10.1. The van der Waals surface area contributed by atoms with E-state index in [1.165, 1.54) is 6.07 Å². The van der Waals surface area contributed by atoms with Crippen LogP contribution in [0, 0.1) is 15.9 Å². The zero-order valence-corrected chi connectivity index (χ0v) is 7.74. The van der Waals surface area contributed by atoms with Gasteiger partial charge in [-0.25, -0.2) is 0 Å². The summed E-state index contributed by atoms with van der Waals surface area (Å²) in [7, 11) is 0. The van der Waals surface area contributed by atoms with Crippen LogP contribution in [-0.2, 0) is 6.42 Å². The van der Waals surface area contributed by atoms with Crippen LogP contribution in [-0.4, -0.2) is 11.0 Å². The summed E-state index contributed by atoms with van der Waals surface area (Å²) in [6.07, 6.45) is 0.509. The highest BCUT2D eigenvalue weighted by Crippen LogP contribution is 2.18. The molecule has 0 heterocycles. The highest BCUT2D eigenvalue weighted by atomic mass is 19.1. The Balaban J connectivity index is 2.94. The van der Waals surface area contributed by atoms with E-state index in [9.17, 15) is 14.5 Å². The van der Waals surface area contributed by atoms with Crippen LogP contribution in [0.4, 0.5) is 10.1 Å².